The number of carbonyl (C=O) groups excluding carboxylic acids is 1. The number of benzene rings is 2. The predicted octanol–water partition coefficient (Wildman–Crippen LogP) is 3.23. The fraction of sp³-hybridized carbons (Fsp3) is 0.0714. The zero-order valence-corrected chi connectivity index (χ0v) is 10.1. The van der Waals surface area contributed by atoms with Gasteiger partial charge in [0, 0.05) is 5.69 Å². The molecule has 2 aromatic carbocycles. The molecular formula is C14H11F2NO2. The molecule has 0 fully saturated rings. The summed E-state index contributed by atoms with van der Waals surface area (Å²) in [5, 5.41) is 11.8. The molecule has 2 N–H and O–H groups in total. The van der Waals surface area contributed by atoms with Gasteiger partial charge in [-0.25, -0.2) is 8.78 Å². The van der Waals surface area contributed by atoms with Crippen molar-refractivity contribution in [3.63, 3.8) is 0 Å². The molecule has 0 heterocycles. The molecule has 5 heteroatoms. The van der Waals surface area contributed by atoms with Crippen molar-refractivity contribution in [2.75, 3.05) is 5.32 Å². The molecule has 3 nitrogen and oxygen atoms in total. The first-order valence-corrected chi connectivity index (χ1v) is 5.53. The van der Waals surface area contributed by atoms with Gasteiger partial charge in [-0.2, -0.15) is 0 Å². The van der Waals surface area contributed by atoms with Crippen molar-refractivity contribution in [1.82, 2.24) is 0 Å². The highest BCUT2D eigenvalue weighted by molar-refractivity contribution is 6.06. The van der Waals surface area contributed by atoms with Crippen molar-refractivity contribution >= 4 is 11.6 Å². The van der Waals surface area contributed by atoms with Crippen molar-refractivity contribution in [3.05, 3.63) is 59.2 Å². The predicted molar refractivity (Wildman–Crippen MR) is 67.2 cm³/mol. The number of carbonyl (C=O) groups is 1. The lowest BCUT2D eigenvalue weighted by molar-refractivity contribution is 0.102. The summed E-state index contributed by atoms with van der Waals surface area (Å²) in [5.41, 5.74) is 0.350. The SMILES string of the molecule is Cc1cc(F)cc(NC(=O)c2c(O)cccc2F)c1. The van der Waals surface area contributed by atoms with E-state index in [0.717, 1.165) is 12.1 Å². The van der Waals surface area contributed by atoms with E-state index in [4.69, 9.17) is 0 Å². The van der Waals surface area contributed by atoms with Crippen LogP contribution in [0.4, 0.5) is 14.5 Å². The molecule has 0 bridgehead atoms. The van der Waals surface area contributed by atoms with Crippen molar-refractivity contribution in [1.29, 1.82) is 0 Å². The van der Waals surface area contributed by atoms with E-state index in [1.54, 1.807) is 13.0 Å². The second kappa shape index (κ2) is 5.06. The van der Waals surface area contributed by atoms with Crippen molar-refractivity contribution in [2.24, 2.45) is 0 Å². The molecule has 0 unspecified atom stereocenters. The van der Waals surface area contributed by atoms with Crippen LogP contribution < -0.4 is 5.32 Å². The number of anilines is 1. The summed E-state index contributed by atoms with van der Waals surface area (Å²) in [6, 6.07) is 7.51. The molecule has 1 amide bonds. The Balaban J connectivity index is 2.31. The lowest BCUT2D eigenvalue weighted by Gasteiger charge is -2.08. The highest BCUT2D eigenvalue weighted by atomic mass is 19.1. The van der Waals surface area contributed by atoms with Gasteiger partial charge in [0.2, 0.25) is 0 Å². The maximum Gasteiger partial charge on any atom is 0.262 e. The van der Waals surface area contributed by atoms with E-state index in [-0.39, 0.29) is 5.69 Å². The minimum absolute atomic E-state index is 0.199. The minimum atomic E-state index is -0.842. The van der Waals surface area contributed by atoms with Crippen LogP contribution in [0.3, 0.4) is 0 Å². The second-order valence-corrected chi connectivity index (χ2v) is 4.11. The number of aromatic hydroxyl groups is 1. The van der Waals surface area contributed by atoms with Crippen LogP contribution in [0, 0.1) is 18.6 Å². The highest BCUT2D eigenvalue weighted by Crippen LogP contribution is 2.22. The molecule has 0 aliphatic carbocycles. The molecule has 0 spiro atoms. The van der Waals surface area contributed by atoms with Crippen LogP contribution in [0.5, 0.6) is 5.75 Å². The average molecular weight is 263 g/mol. The van der Waals surface area contributed by atoms with Crippen LogP contribution in [0.25, 0.3) is 0 Å². The molecular weight excluding hydrogens is 252 g/mol. The number of aryl methyl sites for hydroxylation is 1. The highest BCUT2D eigenvalue weighted by Gasteiger charge is 2.16. The Kier molecular flexibility index (Phi) is 3.46. The van der Waals surface area contributed by atoms with Crippen LogP contribution >= 0.6 is 0 Å². The molecule has 0 radical (unpaired) electrons. The van der Waals surface area contributed by atoms with Gasteiger partial charge in [0.1, 0.15) is 22.9 Å². The van der Waals surface area contributed by atoms with Crippen molar-refractivity contribution in [3.8, 4) is 5.75 Å². The van der Waals surface area contributed by atoms with E-state index in [0.29, 0.717) is 5.56 Å². The van der Waals surface area contributed by atoms with Gasteiger partial charge in [-0.1, -0.05) is 6.07 Å². The van der Waals surface area contributed by atoms with Gasteiger partial charge in [-0.3, -0.25) is 4.79 Å². The average Bonchev–Trinajstić information content (AvgIpc) is 2.26. The quantitative estimate of drug-likeness (QED) is 0.873. The molecule has 19 heavy (non-hydrogen) atoms. The zero-order chi connectivity index (χ0) is 14.0. The van der Waals surface area contributed by atoms with E-state index in [1.165, 1.54) is 18.2 Å². The normalized spacial score (nSPS) is 10.3. The third-order valence-corrected chi connectivity index (χ3v) is 2.52. The summed E-state index contributed by atoms with van der Waals surface area (Å²) in [4.78, 5) is 11.8. The Morgan fingerprint density at radius 3 is 2.58 bits per heavy atom. The minimum Gasteiger partial charge on any atom is -0.507 e. The monoisotopic (exact) mass is 263 g/mol. The summed E-state index contributed by atoms with van der Waals surface area (Å²) in [6.07, 6.45) is 0. The first-order chi connectivity index (χ1) is 8.97. The summed E-state index contributed by atoms with van der Waals surface area (Å²) in [6.45, 7) is 1.67. The third-order valence-electron chi connectivity index (χ3n) is 2.52. The molecule has 2 rings (SSSR count). The topological polar surface area (TPSA) is 49.3 Å². The standard InChI is InChI=1S/C14H11F2NO2/c1-8-5-9(15)7-10(6-8)17-14(19)13-11(16)3-2-4-12(13)18/h2-7,18H,1H3,(H,17,19). The smallest absolute Gasteiger partial charge is 0.262 e. The van der Waals surface area contributed by atoms with Gasteiger partial charge in [0.05, 0.1) is 0 Å². The Hall–Kier alpha value is -2.43. The number of rotatable bonds is 2. The van der Waals surface area contributed by atoms with Crippen molar-refractivity contribution in [2.45, 2.75) is 6.92 Å². The van der Waals surface area contributed by atoms with E-state index in [2.05, 4.69) is 5.32 Å². The molecule has 2 aromatic rings. The van der Waals surface area contributed by atoms with Gasteiger partial charge in [-0.15, -0.1) is 0 Å². The number of hydrogen-bond acceptors (Lipinski definition) is 2. The summed E-state index contributed by atoms with van der Waals surface area (Å²) >= 11 is 0. The lowest BCUT2D eigenvalue weighted by atomic mass is 10.1. The number of hydrogen-bond donors (Lipinski definition) is 2. The van der Waals surface area contributed by atoms with Gasteiger partial charge >= 0.3 is 0 Å². The number of halogens is 2. The molecule has 0 saturated carbocycles. The molecule has 0 aliphatic heterocycles. The molecule has 0 saturated heterocycles. The largest absolute Gasteiger partial charge is 0.507 e. The first-order valence-electron chi connectivity index (χ1n) is 5.53. The first kappa shape index (κ1) is 13.0. The Labute approximate surface area is 108 Å². The third kappa shape index (κ3) is 2.88. The molecule has 98 valence electrons. The van der Waals surface area contributed by atoms with Gasteiger partial charge in [-0.05, 0) is 42.8 Å². The van der Waals surface area contributed by atoms with E-state index >= 15 is 0 Å². The van der Waals surface area contributed by atoms with Crippen LogP contribution in [0.15, 0.2) is 36.4 Å². The fourth-order valence-electron chi connectivity index (χ4n) is 1.74. The fourth-order valence-corrected chi connectivity index (χ4v) is 1.74. The number of phenols is 1. The van der Waals surface area contributed by atoms with Crippen LogP contribution in [-0.2, 0) is 0 Å². The number of nitrogens with one attached hydrogen (secondary N) is 1. The van der Waals surface area contributed by atoms with Crippen LogP contribution in [-0.4, -0.2) is 11.0 Å². The van der Waals surface area contributed by atoms with Gasteiger partial charge < -0.3 is 10.4 Å². The Bertz CT molecular complexity index is 601. The van der Waals surface area contributed by atoms with Crippen molar-refractivity contribution < 1.29 is 18.7 Å². The van der Waals surface area contributed by atoms with E-state index in [1.807, 2.05) is 0 Å². The van der Waals surface area contributed by atoms with E-state index < -0.39 is 28.9 Å². The Morgan fingerprint density at radius 2 is 1.95 bits per heavy atom. The maximum absolute atomic E-state index is 13.5. The maximum atomic E-state index is 13.5. The molecule has 0 aromatic heterocycles. The number of phenolic OH excluding ortho intramolecular Hbond substituents is 1. The Morgan fingerprint density at radius 1 is 1.21 bits per heavy atom. The summed E-state index contributed by atoms with van der Waals surface area (Å²) in [5.74, 6) is -2.65. The van der Waals surface area contributed by atoms with Gasteiger partial charge in [0.15, 0.2) is 0 Å². The van der Waals surface area contributed by atoms with Gasteiger partial charge in [0.25, 0.3) is 5.91 Å². The second-order valence-electron chi connectivity index (χ2n) is 4.11. The van der Waals surface area contributed by atoms with Crippen LogP contribution in [0.2, 0.25) is 0 Å². The van der Waals surface area contributed by atoms with E-state index in [9.17, 15) is 18.7 Å². The zero-order valence-electron chi connectivity index (χ0n) is 10.1. The van der Waals surface area contributed by atoms with Crippen LogP contribution in [0.1, 0.15) is 15.9 Å². The number of amides is 1. The molecule has 0 aliphatic rings. The summed E-state index contributed by atoms with van der Waals surface area (Å²) < 4.78 is 26.6. The lowest BCUT2D eigenvalue weighted by Crippen LogP contribution is -2.14. The molecule has 0 atom stereocenters. The summed E-state index contributed by atoms with van der Waals surface area (Å²) in [7, 11) is 0.